The van der Waals surface area contributed by atoms with E-state index >= 15 is 0 Å². The van der Waals surface area contributed by atoms with Crippen LogP contribution in [-0.4, -0.2) is 24.8 Å². The normalized spacial score (nSPS) is 14.8. The van der Waals surface area contributed by atoms with Crippen LogP contribution >= 0.6 is 0 Å². The van der Waals surface area contributed by atoms with E-state index in [-0.39, 0.29) is 30.2 Å². The van der Waals surface area contributed by atoms with Crippen LogP contribution in [0.2, 0.25) is 0 Å². The van der Waals surface area contributed by atoms with Crippen molar-refractivity contribution >= 4 is 5.78 Å². The minimum absolute atomic E-state index is 0.0801. The van der Waals surface area contributed by atoms with Crippen molar-refractivity contribution < 1.29 is 24.1 Å². The molecule has 2 aromatic carbocycles. The summed E-state index contributed by atoms with van der Waals surface area (Å²) < 4.78 is 15.8. The Balaban J connectivity index is 1.71. The summed E-state index contributed by atoms with van der Waals surface area (Å²) in [6.45, 7) is 4.19. The molecule has 1 aliphatic heterocycles. The molecule has 1 heterocycles. The van der Waals surface area contributed by atoms with Crippen LogP contribution in [0.5, 0.6) is 23.0 Å². The first-order chi connectivity index (χ1) is 12.0. The first-order valence-electron chi connectivity index (χ1n) is 8.29. The molecule has 5 heteroatoms. The number of Topliss-reactive ketones (excluding diaryl/α,β-unsaturated/α-hetero) is 1. The highest BCUT2D eigenvalue weighted by Gasteiger charge is 2.24. The molecular formula is C20H22O5. The number of hydrogen-bond acceptors (Lipinski definition) is 5. The maximum absolute atomic E-state index is 12.8. The van der Waals surface area contributed by atoms with Crippen molar-refractivity contribution in [2.24, 2.45) is 11.8 Å². The number of fused-ring (bicyclic) bond motifs is 1. The molecular weight excluding hydrogens is 320 g/mol. The van der Waals surface area contributed by atoms with Crippen LogP contribution in [0.1, 0.15) is 29.8 Å². The summed E-state index contributed by atoms with van der Waals surface area (Å²) in [4.78, 5) is 12.8. The lowest BCUT2D eigenvalue weighted by atomic mass is 9.84. The van der Waals surface area contributed by atoms with Crippen molar-refractivity contribution in [3.63, 3.8) is 0 Å². The lowest BCUT2D eigenvalue weighted by Crippen LogP contribution is -2.21. The molecule has 0 fully saturated rings. The second-order valence-corrected chi connectivity index (χ2v) is 6.41. The van der Waals surface area contributed by atoms with Gasteiger partial charge in [-0.05, 0) is 48.2 Å². The maximum atomic E-state index is 12.8. The molecule has 0 unspecified atom stereocenters. The molecule has 2 atom stereocenters. The number of methoxy groups -OCH3 is 1. The van der Waals surface area contributed by atoms with Gasteiger partial charge in [0.2, 0.25) is 6.79 Å². The van der Waals surface area contributed by atoms with E-state index in [0.29, 0.717) is 29.2 Å². The van der Waals surface area contributed by atoms with Crippen LogP contribution in [0.15, 0.2) is 36.4 Å². The number of phenolic OH excluding ortho intramolecular Hbond substituents is 1. The fourth-order valence-corrected chi connectivity index (χ4v) is 2.97. The Morgan fingerprint density at radius 2 is 1.92 bits per heavy atom. The zero-order chi connectivity index (χ0) is 18.0. The number of phenols is 1. The Bertz CT molecular complexity index is 784. The second kappa shape index (κ2) is 7.05. The molecule has 2 aromatic rings. The summed E-state index contributed by atoms with van der Waals surface area (Å²) in [6, 6.07) is 10.6. The average molecular weight is 342 g/mol. The Labute approximate surface area is 147 Å². The molecule has 0 aromatic heterocycles. The quantitative estimate of drug-likeness (QED) is 0.808. The van der Waals surface area contributed by atoms with Gasteiger partial charge in [0.15, 0.2) is 28.8 Å². The van der Waals surface area contributed by atoms with Gasteiger partial charge >= 0.3 is 0 Å². The highest BCUT2D eigenvalue weighted by molar-refractivity contribution is 5.98. The van der Waals surface area contributed by atoms with Gasteiger partial charge < -0.3 is 19.3 Å². The monoisotopic (exact) mass is 342 g/mol. The van der Waals surface area contributed by atoms with Crippen LogP contribution in [0.3, 0.4) is 0 Å². The number of benzene rings is 2. The van der Waals surface area contributed by atoms with Gasteiger partial charge in [0.05, 0.1) is 7.11 Å². The summed E-state index contributed by atoms with van der Waals surface area (Å²) in [6.07, 6.45) is 0.716. The van der Waals surface area contributed by atoms with E-state index in [9.17, 15) is 9.90 Å². The van der Waals surface area contributed by atoms with Crippen LogP contribution in [0.4, 0.5) is 0 Å². The molecule has 0 saturated heterocycles. The zero-order valence-corrected chi connectivity index (χ0v) is 14.6. The molecule has 0 radical (unpaired) electrons. The number of carbonyl (C=O) groups is 1. The van der Waals surface area contributed by atoms with Gasteiger partial charge in [0.1, 0.15) is 0 Å². The first-order valence-corrected chi connectivity index (χ1v) is 8.29. The standard InChI is InChI=1S/C20H22O5/c1-12(8-14-4-6-16(21)18(9-14)23-3)13(2)20(22)15-5-7-17-19(10-15)25-11-24-17/h4-7,9-10,12-13,21H,8,11H2,1-3H3/t12-,13-/m0/s1. The molecule has 0 saturated carbocycles. The number of carbonyl (C=O) groups excluding carboxylic acids is 1. The molecule has 5 nitrogen and oxygen atoms in total. The van der Waals surface area contributed by atoms with Crippen LogP contribution in [-0.2, 0) is 6.42 Å². The molecule has 0 bridgehead atoms. The van der Waals surface area contributed by atoms with Gasteiger partial charge in [-0.25, -0.2) is 0 Å². The fraction of sp³-hybridized carbons (Fsp3) is 0.350. The Kier molecular flexibility index (Phi) is 4.83. The Morgan fingerprint density at radius 3 is 2.68 bits per heavy atom. The zero-order valence-electron chi connectivity index (χ0n) is 14.6. The number of ketones is 1. The van der Waals surface area contributed by atoms with E-state index in [1.807, 2.05) is 19.1 Å². The average Bonchev–Trinajstić information content (AvgIpc) is 3.09. The maximum Gasteiger partial charge on any atom is 0.231 e. The predicted octanol–water partition coefficient (Wildman–Crippen LogP) is 3.83. The van der Waals surface area contributed by atoms with Crippen LogP contribution in [0.25, 0.3) is 0 Å². The molecule has 1 aliphatic rings. The third-order valence-corrected chi connectivity index (χ3v) is 4.73. The van der Waals surface area contributed by atoms with Gasteiger partial charge in [-0.2, -0.15) is 0 Å². The summed E-state index contributed by atoms with van der Waals surface area (Å²) in [7, 11) is 1.52. The predicted molar refractivity (Wildman–Crippen MR) is 93.6 cm³/mol. The summed E-state index contributed by atoms with van der Waals surface area (Å²) in [5.74, 6) is 1.91. The van der Waals surface area contributed by atoms with E-state index < -0.39 is 0 Å². The highest BCUT2D eigenvalue weighted by Crippen LogP contribution is 2.34. The third-order valence-electron chi connectivity index (χ3n) is 4.73. The number of hydrogen-bond donors (Lipinski definition) is 1. The first kappa shape index (κ1) is 17.1. The molecule has 0 amide bonds. The minimum atomic E-state index is -0.153. The SMILES string of the molecule is COc1cc(C[C@H](C)[C@H](C)C(=O)c2ccc3c(c2)OCO3)ccc1O. The van der Waals surface area contributed by atoms with Crippen molar-refractivity contribution in [1.29, 1.82) is 0 Å². The van der Waals surface area contributed by atoms with Crippen molar-refractivity contribution in [2.75, 3.05) is 13.9 Å². The van der Waals surface area contributed by atoms with E-state index in [0.717, 1.165) is 5.56 Å². The molecule has 132 valence electrons. The van der Waals surface area contributed by atoms with Crippen molar-refractivity contribution in [2.45, 2.75) is 20.3 Å². The van der Waals surface area contributed by atoms with E-state index in [2.05, 4.69) is 6.92 Å². The van der Waals surface area contributed by atoms with Crippen molar-refractivity contribution in [1.82, 2.24) is 0 Å². The summed E-state index contributed by atoms with van der Waals surface area (Å²) in [5.41, 5.74) is 1.65. The second-order valence-electron chi connectivity index (χ2n) is 6.41. The molecule has 0 aliphatic carbocycles. The van der Waals surface area contributed by atoms with Gasteiger partial charge in [0.25, 0.3) is 0 Å². The number of aromatic hydroxyl groups is 1. The van der Waals surface area contributed by atoms with Crippen molar-refractivity contribution in [3.05, 3.63) is 47.5 Å². The smallest absolute Gasteiger partial charge is 0.231 e. The Morgan fingerprint density at radius 1 is 1.16 bits per heavy atom. The molecule has 3 rings (SSSR count). The Hall–Kier alpha value is -2.69. The van der Waals surface area contributed by atoms with E-state index in [4.69, 9.17) is 14.2 Å². The van der Waals surface area contributed by atoms with E-state index in [1.165, 1.54) is 7.11 Å². The lowest BCUT2D eigenvalue weighted by molar-refractivity contribution is 0.0892. The number of rotatable bonds is 6. The van der Waals surface area contributed by atoms with Crippen LogP contribution in [0, 0.1) is 11.8 Å². The van der Waals surface area contributed by atoms with Gasteiger partial charge in [-0.15, -0.1) is 0 Å². The number of ether oxygens (including phenoxy) is 3. The van der Waals surface area contributed by atoms with Crippen molar-refractivity contribution in [3.8, 4) is 23.0 Å². The van der Waals surface area contributed by atoms with Gasteiger partial charge in [-0.3, -0.25) is 4.79 Å². The molecule has 25 heavy (non-hydrogen) atoms. The summed E-state index contributed by atoms with van der Waals surface area (Å²) >= 11 is 0. The van der Waals surface area contributed by atoms with Crippen LogP contribution < -0.4 is 14.2 Å². The third kappa shape index (κ3) is 3.55. The van der Waals surface area contributed by atoms with Gasteiger partial charge in [-0.1, -0.05) is 19.9 Å². The fourth-order valence-electron chi connectivity index (χ4n) is 2.97. The minimum Gasteiger partial charge on any atom is -0.504 e. The lowest BCUT2D eigenvalue weighted by Gasteiger charge is -2.19. The van der Waals surface area contributed by atoms with Gasteiger partial charge in [0, 0.05) is 11.5 Å². The largest absolute Gasteiger partial charge is 0.504 e. The molecule has 1 N–H and O–H groups in total. The highest BCUT2D eigenvalue weighted by atomic mass is 16.7. The summed E-state index contributed by atoms with van der Waals surface area (Å²) in [5, 5.41) is 9.69. The van der Waals surface area contributed by atoms with E-state index in [1.54, 1.807) is 24.3 Å². The molecule has 0 spiro atoms. The topological polar surface area (TPSA) is 65.0 Å².